The highest BCUT2D eigenvalue weighted by Gasteiger charge is 2.37. The number of hydrogen-bond acceptors (Lipinski definition) is 3. The van der Waals surface area contributed by atoms with Crippen LogP contribution in [0, 0.1) is 23.0 Å². The van der Waals surface area contributed by atoms with Crippen molar-refractivity contribution in [1.82, 2.24) is 0 Å². The molecule has 1 aromatic rings. The fourth-order valence-corrected chi connectivity index (χ4v) is 1.97. The van der Waals surface area contributed by atoms with Crippen LogP contribution < -0.4 is 5.73 Å². The van der Waals surface area contributed by atoms with Gasteiger partial charge >= 0.3 is 0 Å². The number of nitro groups is 1. The second-order valence-electron chi connectivity index (χ2n) is 4.14. The van der Waals surface area contributed by atoms with Crippen molar-refractivity contribution < 1.29 is 4.92 Å². The standard InChI is InChI=1S/C11H14N2O2/c1-7-2-3-8(5-11(7)13(14)15)10-4-9(10)6-12/h2-3,5,9-10H,4,6,12H2,1H3/t9-,10-/m0/s1. The summed E-state index contributed by atoms with van der Waals surface area (Å²) in [5.41, 5.74) is 7.55. The van der Waals surface area contributed by atoms with E-state index in [0.717, 1.165) is 12.0 Å². The molecule has 1 aliphatic rings. The van der Waals surface area contributed by atoms with Gasteiger partial charge in [0, 0.05) is 11.6 Å². The van der Waals surface area contributed by atoms with Gasteiger partial charge in [0.25, 0.3) is 5.69 Å². The van der Waals surface area contributed by atoms with E-state index in [2.05, 4.69) is 0 Å². The van der Waals surface area contributed by atoms with Crippen LogP contribution >= 0.6 is 0 Å². The van der Waals surface area contributed by atoms with Gasteiger partial charge in [-0.3, -0.25) is 10.1 Å². The molecule has 0 radical (unpaired) electrons. The Balaban J connectivity index is 2.28. The Morgan fingerprint density at radius 2 is 2.33 bits per heavy atom. The second-order valence-corrected chi connectivity index (χ2v) is 4.14. The Morgan fingerprint density at radius 1 is 1.60 bits per heavy atom. The van der Waals surface area contributed by atoms with Crippen molar-refractivity contribution in [3.05, 3.63) is 39.4 Å². The number of nitrogens with zero attached hydrogens (tertiary/aromatic N) is 1. The average molecular weight is 206 g/mol. The van der Waals surface area contributed by atoms with Gasteiger partial charge in [-0.25, -0.2) is 0 Å². The lowest BCUT2D eigenvalue weighted by Crippen LogP contribution is -2.02. The lowest BCUT2D eigenvalue weighted by molar-refractivity contribution is -0.385. The minimum atomic E-state index is -0.321. The van der Waals surface area contributed by atoms with Crippen molar-refractivity contribution in [1.29, 1.82) is 0 Å². The first kappa shape index (κ1) is 10.1. The van der Waals surface area contributed by atoms with Crippen LogP contribution in [0.1, 0.15) is 23.5 Å². The molecule has 0 spiro atoms. The lowest BCUT2D eigenvalue weighted by atomic mass is 10.1. The van der Waals surface area contributed by atoms with Crippen LogP contribution in [0.3, 0.4) is 0 Å². The Morgan fingerprint density at radius 3 is 2.87 bits per heavy atom. The van der Waals surface area contributed by atoms with Crippen LogP contribution in [0.4, 0.5) is 5.69 Å². The molecule has 15 heavy (non-hydrogen) atoms. The molecule has 2 rings (SSSR count). The third-order valence-corrected chi connectivity index (χ3v) is 3.08. The van der Waals surface area contributed by atoms with Gasteiger partial charge < -0.3 is 5.73 Å². The molecule has 80 valence electrons. The number of nitro benzene ring substituents is 1. The van der Waals surface area contributed by atoms with Crippen molar-refractivity contribution in [2.45, 2.75) is 19.3 Å². The number of rotatable bonds is 3. The highest BCUT2D eigenvalue weighted by Crippen LogP contribution is 2.47. The van der Waals surface area contributed by atoms with Gasteiger partial charge in [-0.15, -0.1) is 0 Å². The summed E-state index contributed by atoms with van der Waals surface area (Å²) in [4.78, 5) is 10.4. The Labute approximate surface area is 88.2 Å². The van der Waals surface area contributed by atoms with Gasteiger partial charge in [0.2, 0.25) is 0 Å². The summed E-state index contributed by atoms with van der Waals surface area (Å²) >= 11 is 0. The van der Waals surface area contributed by atoms with E-state index in [1.807, 2.05) is 12.1 Å². The topological polar surface area (TPSA) is 69.2 Å². The maximum absolute atomic E-state index is 10.7. The molecule has 0 aromatic heterocycles. The van der Waals surface area contributed by atoms with E-state index < -0.39 is 0 Å². The normalized spacial score (nSPS) is 23.9. The second kappa shape index (κ2) is 3.62. The molecule has 0 amide bonds. The highest BCUT2D eigenvalue weighted by molar-refractivity contribution is 5.44. The van der Waals surface area contributed by atoms with Crippen molar-refractivity contribution in [3.63, 3.8) is 0 Å². The zero-order chi connectivity index (χ0) is 11.0. The molecule has 0 bridgehead atoms. The number of hydrogen-bond donors (Lipinski definition) is 1. The Kier molecular flexibility index (Phi) is 2.44. The maximum atomic E-state index is 10.7. The van der Waals surface area contributed by atoms with E-state index in [-0.39, 0.29) is 10.6 Å². The third kappa shape index (κ3) is 1.85. The molecule has 4 heteroatoms. The summed E-state index contributed by atoms with van der Waals surface area (Å²) in [5, 5.41) is 10.7. The fourth-order valence-electron chi connectivity index (χ4n) is 1.97. The monoisotopic (exact) mass is 206 g/mol. The molecule has 0 unspecified atom stereocenters. The summed E-state index contributed by atoms with van der Waals surface area (Å²) in [6, 6.07) is 5.48. The first-order valence-electron chi connectivity index (χ1n) is 5.08. The quantitative estimate of drug-likeness (QED) is 0.607. The summed E-state index contributed by atoms with van der Waals surface area (Å²) in [5.74, 6) is 0.960. The Hall–Kier alpha value is -1.42. The van der Waals surface area contributed by atoms with Crippen molar-refractivity contribution in [2.75, 3.05) is 6.54 Å². The first-order valence-corrected chi connectivity index (χ1v) is 5.08. The van der Waals surface area contributed by atoms with Crippen LogP contribution in [-0.2, 0) is 0 Å². The third-order valence-electron chi connectivity index (χ3n) is 3.08. The molecule has 1 aromatic carbocycles. The van der Waals surface area contributed by atoms with Crippen LogP contribution in [0.15, 0.2) is 18.2 Å². The molecule has 1 fully saturated rings. The minimum absolute atomic E-state index is 0.218. The summed E-state index contributed by atoms with van der Waals surface area (Å²) in [7, 11) is 0. The molecule has 0 saturated heterocycles. The maximum Gasteiger partial charge on any atom is 0.272 e. The molecule has 2 N–H and O–H groups in total. The predicted octanol–water partition coefficient (Wildman–Crippen LogP) is 1.97. The lowest BCUT2D eigenvalue weighted by Gasteiger charge is -2.01. The SMILES string of the molecule is Cc1ccc([C@@H]2C[C@H]2CN)cc1[N+](=O)[O-]. The average Bonchev–Trinajstić information content (AvgIpc) is 2.97. The number of aryl methyl sites for hydroxylation is 1. The van der Waals surface area contributed by atoms with E-state index in [0.29, 0.717) is 23.9 Å². The predicted molar refractivity (Wildman–Crippen MR) is 57.7 cm³/mol. The first-order chi connectivity index (χ1) is 7.13. The summed E-state index contributed by atoms with van der Waals surface area (Å²) < 4.78 is 0. The molecule has 0 aliphatic heterocycles. The van der Waals surface area contributed by atoms with Gasteiger partial charge in [0.05, 0.1) is 4.92 Å². The van der Waals surface area contributed by atoms with Gasteiger partial charge in [-0.2, -0.15) is 0 Å². The van der Waals surface area contributed by atoms with Gasteiger partial charge in [0.1, 0.15) is 0 Å². The van der Waals surface area contributed by atoms with E-state index in [1.54, 1.807) is 13.0 Å². The molecular formula is C11H14N2O2. The van der Waals surface area contributed by atoms with E-state index in [9.17, 15) is 10.1 Å². The minimum Gasteiger partial charge on any atom is -0.330 e. The van der Waals surface area contributed by atoms with Crippen molar-refractivity contribution in [3.8, 4) is 0 Å². The van der Waals surface area contributed by atoms with Crippen LogP contribution in [0.5, 0.6) is 0 Å². The van der Waals surface area contributed by atoms with Crippen molar-refractivity contribution in [2.24, 2.45) is 11.7 Å². The van der Waals surface area contributed by atoms with E-state index >= 15 is 0 Å². The van der Waals surface area contributed by atoms with Crippen LogP contribution in [0.25, 0.3) is 0 Å². The van der Waals surface area contributed by atoms with Gasteiger partial charge in [-0.05, 0) is 37.3 Å². The van der Waals surface area contributed by atoms with Crippen LogP contribution in [0.2, 0.25) is 0 Å². The molecule has 1 saturated carbocycles. The summed E-state index contributed by atoms with van der Waals surface area (Å²) in [6.07, 6.45) is 1.07. The number of benzene rings is 1. The smallest absolute Gasteiger partial charge is 0.272 e. The summed E-state index contributed by atoms with van der Waals surface area (Å²) in [6.45, 7) is 2.43. The number of nitrogens with two attached hydrogens (primary N) is 1. The van der Waals surface area contributed by atoms with E-state index in [4.69, 9.17) is 5.73 Å². The largest absolute Gasteiger partial charge is 0.330 e. The fraction of sp³-hybridized carbons (Fsp3) is 0.455. The molecule has 1 aliphatic carbocycles. The molecule has 0 heterocycles. The van der Waals surface area contributed by atoms with E-state index in [1.165, 1.54) is 0 Å². The van der Waals surface area contributed by atoms with Gasteiger partial charge in [0.15, 0.2) is 0 Å². The molecule has 4 nitrogen and oxygen atoms in total. The zero-order valence-electron chi connectivity index (χ0n) is 8.64. The zero-order valence-corrected chi connectivity index (χ0v) is 8.64. The molecule has 2 atom stereocenters. The van der Waals surface area contributed by atoms with Crippen LogP contribution in [-0.4, -0.2) is 11.5 Å². The van der Waals surface area contributed by atoms with Crippen molar-refractivity contribution >= 4 is 5.69 Å². The Bertz CT molecular complexity index is 404. The molecular weight excluding hydrogens is 192 g/mol. The van der Waals surface area contributed by atoms with Gasteiger partial charge in [-0.1, -0.05) is 12.1 Å². The highest BCUT2D eigenvalue weighted by atomic mass is 16.6.